The Balaban J connectivity index is 2.53. The van der Waals surface area contributed by atoms with Crippen LogP contribution in [0, 0.1) is 0 Å². The summed E-state index contributed by atoms with van der Waals surface area (Å²) in [6, 6.07) is -1.14. The number of alkyl carbamates (subject to hydrolysis) is 1. The minimum absolute atomic E-state index is 0.105. The predicted molar refractivity (Wildman–Crippen MR) is 116 cm³/mol. The maximum Gasteiger partial charge on any atom is 0.408 e. The first kappa shape index (κ1) is 26.9. The number of carboxylic acids is 1. The number of ether oxygens (including phenoxy) is 4. The lowest BCUT2D eigenvalue weighted by atomic mass is 9.74. The van der Waals surface area contributed by atoms with Gasteiger partial charge in [-0.2, -0.15) is 0 Å². The van der Waals surface area contributed by atoms with E-state index in [-0.39, 0.29) is 19.4 Å². The van der Waals surface area contributed by atoms with Crippen LogP contribution in [0.3, 0.4) is 0 Å². The topological polar surface area (TPSA) is 172 Å². The minimum atomic E-state index is -1.83. The molecule has 33 heavy (non-hydrogen) atoms. The van der Waals surface area contributed by atoms with Crippen molar-refractivity contribution in [3.8, 4) is 0 Å². The molecule has 0 saturated carbocycles. The Bertz CT molecular complexity index is 818. The zero-order valence-electron chi connectivity index (χ0n) is 19.9. The maximum absolute atomic E-state index is 12.6. The summed E-state index contributed by atoms with van der Waals surface area (Å²) in [6.45, 7) is 13.2. The monoisotopic (exact) mass is 470 g/mol. The van der Waals surface area contributed by atoms with Crippen LogP contribution >= 0.6 is 0 Å². The molecule has 0 aromatic heterocycles. The van der Waals surface area contributed by atoms with Crippen molar-refractivity contribution in [2.45, 2.75) is 101 Å². The van der Waals surface area contributed by atoms with E-state index >= 15 is 0 Å². The molecule has 2 aliphatic heterocycles. The third-order valence-corrected chi connectivity index (χ3v) is 5.41. The summed E-state index contributed by atoms with van der Waals surface area (Å²) in [5.41, 5.74) is 4.38. The molecule has 12 heteroatoms. The second-order valence-electron chi connectivity index (χ2n) is 10.1. The third kappa shape index (κ3) is 6.36. The number of rotatable bonds is 7. The summed E-state index contributed by atoms with van der Waals surface area (Å²) in [7, 11) is 0. The molecule has 2 aliphatic rings. The second-order valence-corrected chi connectivity index (χ2v) is 10.1. The van der Waals surface area contributed by atoms with Crippen molar-refractivity contribution in [1.82, 2.24) is 5.32 Å². The fraction of sp³-hybridized carbons (Fsp3) is 0.810. The van der Waals surface area contributed by atoms with Gasteiger partial charge in [0.25, 0.3) is 0 Å². The molecule has 12 nitrogen and oxygen atoms in total. The molecular weight excluding hydrogens is 436 g/mol. The minimum Gasteiger partial charge on any atom is -0.479 e. The van der Waals surface area contributed by atoms with Gasteiger partial charge in [0.2, 0.25) is 0 Å². The number of aliphatic carboxylic acids is 1. The summed E-state index contributed by atoms with van der Waals surface area (Å²) in [5.74, 6) is -2.42. The van der Waals surface area contributed by atoms with Crippen LogP contribution in [0.15, 0.2) is 17.8 Å². The largest absolute Gasteiger partial charge is 0.479 e. The molecule has 186 valence electrons. The van der Waals surface area contributed by atoms with Crippen LogP contribution in [0.5, 0.6) is 0 Å². The highest BCUT2D eigenvalue weighted by atomic mass is 16.8. The number of nitrogens with one attached hydrogen (secondary N) is 1. The molecule has 3 N–H and O–H groups in total. The van der Waals surface area contributed by atoms with Gasteiger partial charge in [0.1, 0.15) is 17.8 Å². The van der Waals surface area contributed by atoms with Crippen LogP contribution in [0.4, 0.5) is 4.79 Å². The molecule has 1 unspecified atom stereocenters. The van der Waals surface area contributed by atoms with Crippen molar-refractivity contribution in [3.63, 3.8) is 0 Å². The zero-order chi connectivity index (χ0) is 25.2. The normalized spacial score (nSPS) is 35.8. The van der Waals surface area contributed by atoms with E-state index in [2.05, 4.69) is 21.9 Å². The highest BCUT2D eigenvalue weighted by Crippen LogP contribution is 2.43. The zero-order valence-corrected chi connectivity index (χ0v) is 19.9. The second kappa shape index (κ2) is 9.47. The van der Waals surface area contributed by atoms with Crippen molar-refractivity contribution in [1.29, 1.82) is 0 Å². The van der Waals surface area contributed by atoms with E-state index in [0.29, 0.717) is 0 Å². The average molecular weight is 471 g/mol. The van der Waals surface area contributed by atoms with E-state index in [4.69, 9.17) is 24.5 Å². The number of carboxylic acid groups (broad SMARTS) is 1. The maximum atomic E-state index is 12.6. The highest BCUT2D eigenvalue weighted by molar-refractivity contribution is 5.78. The molecule has 0 aliphatic carbocycles. The van der Waals surface area contributed by atoms with Crippen LogP contribution in [0.1, 0.15) is 54.4 Å². The summed E-state index contributed by atoms with van der Waals surface area (Å²) < 4.78 is 23.3. The number of aliphatic hydroxyl groups is 1. The van der Waals surface area contributed by atoms with Crippen LogP contribution in [0.2, 0.25) is 0 Å². The van der Waals surface area contributed by atoms with Crippen LogP contribution in [-0.2, 0) is 23.7 Å². The van der Waals surface area contributed by atoms with Gasteiger partial charge in [-0.1, -0.05) is 11.2 Å². The van der Waals surface area contributed by atoms with E-state index in [9.17, 15) is 19.8 Å². The van der Waals surface area contributed by atoms with Crippen molar-refractivity contribution < 1.29 is 38.7 Å². The summed E-state index contributed by atoms with van der Waals surface area (Å²) in [4.78, 5) is 27.6. The first-order valence-electron chi connectivity index (χ1n) is 10.7. The third-order valence-electron chi connectivity index (χ3n) is 5.41. The first-order chi connectivity index (χ1) is 15.1. The van der Waals surface area contributed by atoms with Gasteiger partial charge in [-0.05, 0) is 47.1 Å². The van der Waals surface area contributed by atoms with Gasteiger partial charge >= 0.3 is 12.1 Å². The lowest BCUT2D eigenvalue weighted by molar-refractivity contribution is -0.245. The van der Waals surface area contributed by atoms with Gasteiger partial charge in [0, 0.05) is 17.8 Å². The predicted octanol–water partition coefficient (Wildman–Crippen LogP) is 2.65. The Morgan fingerprint density at radius 2 is 1.91 bits per heavy atom. The lowest BCUT2D eigenvalue weighted by Crippen LogP contribution is -2.71. The van der Waals surface area contributed by atoms with Crippen LogP contribution in [-0.4, -0.2) is 75.8 Å². The molecule has 2 rings (SSSR count). The van der Waals surface area contributed by atoms with Gasteiger partial charge < -0.3 is 34.5 Å². The number of carbonyl (C=O) groups excluding carboxylic acids is 1. The van der Waals surface area contributed by atoms with Crippen LogP contribution < -0.4 is 5.32 Å². The average Bonchev–Trinajstić information content (AvgIpc) is 2.94. The first-order valence-corrected chi connectivity index (χ1v) is 10.7. The van der Waals surface area contributed by atoms with Gasteiger partial charge in [-0.3, -0.25) is 0 Å². The van der Waals surface area contributed by atoms with E-state index in [1.165, 1.54) is 13.0 Å². The Morgan fingerprint density at radius 3 is 2.42 bits per heavy atom. The van der Waals surface area contributed by atoms with E-state index in [1.807, 2.05) is 0 Å². The molecule has 2 saturated heterocycles. The summed E-state index contributed by atoms with van der Waals surface area (Å²) in [5, 5.41) is 27.6. The standard InChI is InChI=1S/C21H34N4O8/c1-8-9-21(16(26)27)11-20(7,29)15(24-17(28)33-18(2,3)4)14(32-21)13-12(10-23-25-22)30-19(5,6)31-13/h8,12-15,29H,1,9-11H2,2-7H3,(H,24,28)(H,26,27)/t12-,13-,14+,15+,20?,21-/m1/s1. The van der Waals surface area contributed by atoms with Crippen molar-refractivity contribution in [2.24, 2.45) is 5.11 Å². The summed E-state index contributed by atoms with van der Waals surface area (Å²) in [6.07, 6.45) is -2.89. The van der Waals surface area contributed by atoms with E-state index in [0.717, 1.165) is 0 Å². The molecule has 0 bridgehead atoms. The van der Waals surface area contributed by atoms with E-state index < -0.39 is 59.0 Å². The fourth-order valence-corrected chi connectivity index (χ4v) is 4.31. The number of carbonyl (C=O) groups is 2. The van der Waals surface area contributed by atoms with Crippen LogP contribution in [0.25, 0.3) is 10.4 Å². The Hall–Kier alpha value is -2.37. The number of hydrogen-bond acceptors (Lipinski definition) is 8. The summed E-state index contributed by atoms with van der Waals surface area (Å²) >= 11 is 0. The fourth-order valence-electron chi connectivity index (χ4n) is 4.31. The van der Waals surface area contributed by atoms with Gasteiger partial charge in [0.05, 0.1) is 24.3 Å². The van der Waals surface area contributed by atoms with Gasteiger partial charge in [-0.15, -0.1) is 6.58 Å². The SMILES string of the molecule is C=CC[C@]1(C(=O)O)CC(C)(O)[C@@H](NC(=O)OC(C)(C)C)[C@H]([C@@H]2OC(C)(C)O[C@@H]2CN=[N+]=[N-])O1. The molecule has 1 amide bonds. The number of hydrogen-bond donors (Lipinski definition) is 3. The number of azide groups is 1. The van der Waals surface area contributed by atoms with Gasteiger partial charge in [-0.25, -0.2) is 9.59 Å². The molecule has 6 atom stereocenters. The molecule has 0 aromatic rings. The number of amides is 1. The molecule has 0 radical (unpaired) electrons. The Morgan fingerprint density at radius 1 is 1.27 bits per heavy atom. The Labute approximate surface area is 192 Å². The molecule has 0 spiro atoms. The van der Waals surface area contributed by atoms with Crippen molar-refractivity contribution >= 4 is 12.1 Å². The molecule has 2 fully saturated rings. The smallest absolute Gasteiger partial charge is 0.408 e. The molecule has 2 heterocycles. The van der Waals surface area contributed by atoms with Crippen molar-refractivity contribution in [2.75, 3.05) is 6.54 Å². The lowest BCUT2D eigenvalue weighted by Gasteiger charge is -2.51. The van der Waals surface area contributed by atoms with E-state index in [1.54, 1.807) is 34.6 Å². The highest BCUT2D eigenvalue weighted by Gasteiger charge is 2.61. The molecule has 0 aromatic carbocycles. The van der Waals surface area contributed by atoms with Gasteiger partial charge in [0.15, 0.2) is 11.4 Å². The molecular formula is C21H34N4O8. The number of nitrogens with zero attached hydrogens (tertiary/aromatic N) is 3. The Kier molecular flexibility index (Phi) is 7.72. The quantitative estimate of drug-likeness (QED) is 0.220. The van der Waals surface area contributed by atoms with Crippen molar-refractivity contribution in [3.05, 3.63) is 23.1 Å².